The summed E-state index contributed by atoms with van der Waals surface area (Å²) in [6.07, 6.45) is 1.19. The van der Waals surface area contributed by atoms with Crippen LogP contribution < -0.4 is 5.32 Å². The minimum absolute atomic E-state index is 0.0539. The van der Waals surface area contributed by atoms with Gasteiger partial charge in [-0.2, -0.15) is 4.31 Å². The summed E-state index contributed by atoms with van der Waals surface area (Å²) in [5, 5.41) is 2.79. The minimum atomic E-state index is -3.28. The van der Waals surface area contributed by atoms with Crippen molar-refractivity contribution in [1.82, 2.24) is 9.62 Å². The number of benzene rings is 1. The molecule has 0 unspecified atom stereocenters. The number of rotatable bonds is 5. The molecule has 5 nitrogen and oxygen atoms in total. The zero-order valence-corrected chi connectivity index (χ0v) is 14.9. The Morgan fingerprint density at radius 3 is 2.52 bits per heavy atom. The Morgan fingerprint density at radius 2 is 1.87 bits per heavy atom. The third-order valence-electron chi connectivity index (χ3n) is 4.03. The molecule has 1 heterocycles. The fourth-order valence-electron chi connectivity index (χ4n) is 2.56. The van der Waals surface area contributed by atoms with Crippen molar-refractivity contribution in [1.29, 1.82) is 0 Å². The molecule has 0 atom stereocenters. The number of hydrogen-bond donors (Lipinski definition) is 1. The van der Waals surface area contributed by atoms with Crippen LogP contribution in [-0.2, 0) is 27.8 Å². The van der Waals surface area contributed by atoms with Gasteiger partial charge in [-0.05, 0) is 24.0 Å². The van der Waals surface area contributed by atoms with Crippen LogP contribution in [0.3, 0.4) is 0 Å². The van der Waals surface area contributed by atoms with Crippen molar-refractivity contribution in [3.8, 4) is 0 Å². The maximum atomic E-state index is 12.5. The lowest BCUT2D eigenvalue weighted by Gasteiger charge is -2.28. The normalized spacial score (nSPS) is 16.0. The van der Waals surface area contributed by atoms with Crippen molar-refractivity contribution < 1.29 is 13.2 Å². The fraction of sp³-hybridized carbons (Fsp3) is 0.588. The predicted molar refractivity (Wildman–Crippen MR) is 91.4 cm³/mol. The Balaban J connectivity index is 1.85. The molecule has 1 amide bonds. The molecule has 0 bridgehead atoms. The Hall–Kier alpha value is -1.40. The summed E-state index contributed by atoms with van der Waals surface area (Å²) >= 11 is 0. The molecule has 2 rings (SSSR count). The van der Waals surface area contributed by atoms with Gasteiger partial charge in [0, 0.05) is 25.0 Å². The number of carbonyl (C=O) groups excluding carboxylic acids is 1. The van der Waals surface area contributed by atoms with E-state index in [4.69, 9.17) is 0 Å². The predicted octanol–water partition coefficient (Wildman–Crippen LogP) is 1.93. The molecule has 1 aromatic rings. The number of hydrogen-bond acceptors (Lipinski definition) is 3. The van der Waals surface area contributed by atoms with Crippen LogP contribution in [0.4, 0.5) is 0 Å². The van der Waals surface area contributed by atoms with Gasteiger partial charge in [-0.25, -0.2) is 8.42 Å². The van der Waals surface area contributed by atoms with Gasteiger partial charge in [0.1, 0.15) is 0 Å². The summed E-state index contributed by atoms with van der Waals surface area (Å²) in [5.74, 6) is 0.0151. The Morgan fingerprint density at radius 1 is 1.22 bits per heavy atom. The van der Waals surface area contributed by atoms with Crippen LogP contribution in [0.5, 0.6) is 0 Å². The number of nitrogens with zero attached hydrogens (tertiary/aromatic N) is 1. The SMILES string of the molecule is CC(C)(C)C(=O)NCCCS(=O)(=O)N1CCc2ccccc2C1. The van der Waals surface area contributed by atoms with Gasteiger partial charge in [0.15, 0.2) is 0 Å². The highest BCUT2D eigenvalue weighted by Gasteiger charge is 2.26. The summed E-state index contributed by atoms with van der Waals surface area (Å²) in [6, 6.07) is 7.97. The summed E-state index contributed by atoms with van der Waals surface area (Å²) in [7, 11) is -3.28. The third-order valence-corrected chi connectivity index (χ3v) is 5.94. The van der Waals surface area contributed by atoms with Gasteiger partial charge < -0.3 is 5.32 Å². The van der Waals surface area contributed by atoms with Crippen LogP contribution in [0.25, 0.3) is 0 Å². The van der Waals surface area contributed by atoms with Crippen LogP contribution >= 0.6 is 0 Å². The fourth-order valence-corrected chi connectivity index (χ4v) is 4.03. The number of fused-ring (bicyclic) bond motifs is 1. The number of carbonyl (C=O) groups is 1. The minimum Gasteiger partial charge on any atom is -0.356 e. The van der Waals surface area contributed by atoms with E-state index < -0.39 is 15.4 Å². The Kier molecular flexibility index (Phi) is 5.47. The van der Waals surface area contributed by atoms with E-state index in [-0.39, 0.29) is 11.7 Å². The first-order chi connectivity index (χ1) is 10.7. The Bertz CT molecular complexity index is 663. The van der Waals surface area contributed by atoms with E-state index in [1.54, 1.807) is 4.31 Å². The quantitative estimate of drug-likeness (QED) is 0.834. The average Bonchev–Trinajstić information content (AvgIpc) is 2.50. The van der Waals surface area contributed by atoms with Gasteiger partial charge in [-0.15, -0.1) is 0 Å². The lowest BCUT2D eigenvalue weighted by Crippen LogP contribution is -2.39. The molecular formula is C17H26N2O3S. The van der Waals surface area contributed by atoms with Gasteiger partial charge in [-0.3, -0.25) is 4.79 Å². The van der Waals surface area contributed by atoms with E-state index >= 15 is 0 Å². The van der Waals surface area contributed by atoms with Gasteiger partial charge in [0.2, 0.25) is 15.9 Å². The van der Waals surface area contributed by atoms with Crippen LogP contribution in [0.1, 0.15) is 38.3 Å². The van der Waals surface area contributed by atoms with Crippen molar-refractivity contribution in [3.63, 3.8) is 0 Å². The van der Waals surface area contributed by atoms with Crippen LogP contribution in [0, 0.1) is 5.41 Å². The molecule has 0 aliphatic carbocycles. The molecule has 0 radical (unpaired) electrons. The zero-order chi connectivity index (χ0) is 17.1. The molecule has 0 saturated carbocycles. The maximum absolute atomic E-state index is 12.5. The molecule has 0 fully saturated rings. The van der Waals surface area contributed by atoms with Crippen molar-refractivity contribution in [2.45, 2.75) is 40.2 Å². The number of nitrogens with one attached hydrogen (secondary N) is 1. The van der Waals surface area contributed by atoms with Crippen molar-refractivity contribution in [2.75, 3.05) is 18.8 Å². The number of amides is 1. The van der Waals surface area contributed by atoms with E-state index in [0.29, 0.717) is 26.1 Å². The highest BCUT2D eigenvalue weighted by molar-refractivity contribution is 7.89. The summed E-state index contributed by atoms with van der Waals surface area (Å²) in [5.41, 5.74) is 1.87. The van der Waals surface area contributed by atoms with Crippen molar-refractivity contribution in [2.24, 2.45) is 5.41 Å². The van der Waals surface area contributed by atoms with E-state index in [9.17, 15) is 13.2 Å². The molecule has 1 N–H and O–H groups in total. The van der Waals surface area contributed by atoms with E-state index in [0.717, 1.165) is 12.0 Å². The molecule has 0 spiro atoms. The molecule has 1 aliphatic rings. The van der Waals surface area contributed by atoms with E-state index in [1.165, 1.54) is 5.56 Å². The standard InChI is InChI=1S/C17H26N2O3S/c1-17(2,3)16(20)18-10-6-12-23(21,22)19-11-9-14-7-4-5-8-15(14)13-19/h4-5,7-8H,6,9-13H2,1-3H3,(H,18,20). The van der Waals surface area contributed by atoms with Gasteiger partial charge in [0.05, 0.1) is 5.75 Å². The molecule has 1 aromatic carbocycles. The highest BCUT2D eigenvalue weighted by atomic mass is 32.2. The molecule has 6 heteroatoms. The first-order valence-electron chi connectivity index (χ1n) is 8.03. The largest absolute Gasteiger partial charge is 0.356 e. The third kappa shape index (κ3) is 4.78. The van der Waals surface area contributed by atoms with Crippen LogP contribution in [-0.4, -0.2) is 37.5 Å². The van der Waals surface area contributed by atoms with E-state index in [2.05, 4.69) is 11.4 Å². The van der Waals surface area contributed by atoms with Crippen LogP contribution in [0.2, 0.25) is 0 Å². The first kappa shape index (κ1) is 17.9. The topological polar surface area (TPSA) is 66.5 Å². The first-order valence-corrected chi connectivity index (χ1v) is 9.64. The van der Waals surface area contributed by atoms with Gasteiger partial charge in [-0.1, -0.05) is 45.0 Å². The highest BCUT2D eigenvalue weighted by Crippen LogP contribution is 2.21. The lowest BCUT2D eigenvalue weighted by atomic mass is 9.96. The molecule has 1 aliphatic heterocycles. The van der Waals surface area contributed by atoms with E-state index in [1.807, 2.05) is 39.0 Å². The maximum Gasteiger partial charge on any atom is 0.225 e. The monoisotopic (exact) mass is 338 g/mol. The second kappa shape index (κ2) is 7.01. The molecule has 0 saturated heterocycles. The van der Waals surface area contributed by atoms with Gasteiger partial charge in [0.25, 0.3) is 0 Å². The molecular weight excluding hydrogens is 312 g/mol. The second-order valence-electron chi connectivity index (χ2n) is 7.03. The molecule has 0 aromatic heterocycles. The van der Waals surface area contributed by atoms with Gasteiger partial charge >= 0.3 is 0 Å². The van der Waals surface area contributed by atoms with Crippen molar-refractivity contribution >= 4 is 15.9 Å². The molecule has 23 heavy (non-hydrogen) atoms. The molecule has 128 valence electrons. The summed E-state index contributed by atoms with van der Waals surface area (Å²) < 4.78 is 26.5. The average molecular weight is 338 g/mol. The van der Waals surface area contributed by atoms with Crippen LogP contribution in [0.15, 0.2) is 24.3 Å². The smallest absolute Gasteiger partial charge is 0.225 e. The van der Waals surface area contributed by atoms with Crippen molar-refractivity contribution in [3.05, 3.63) is 35.4 Å². The number of sulfonamides is 1. The Labute approximate surface area is 139 Å². The second-order valence-corrected chi connectivity index (χ2v) is 9.12. The lowest BCUT2D eigenvalue weighted by molar-refractivity contribution is -0.128. The summed E-state index contributed by atoms with van der Waals surface area (Å²) in [6.45, 7) is 6.89. The summed E-state index contributed by atoms with van der Waals surface area (Å²) in [4.78, 5) is 11.8. The zero-order valence-electron chi connectivity index (χ0n) is 14.1.